The molecule has 0 aliphatic carbocycles. The first-order valence-corrected chi connectivity index (χ1v) is 8.61. The Kier molecular flexibility index (Phi) is 4.38. The second kappa shape index (κ2) is 6.98. The molecular formula is C22H15ClN2O. The van der Waals surface area contributed by atoms with Crippen LogP contribution in [0.3, 0.4) is 0 Å². The van der Waals surface area contributed by atoms with Gasteiger partial charge in [-0.05, 0) is 48.0 Å². The lowest BCUT2D eigenvalue weighted by Gasteiger charge is -2.10. The van der Waals surface area contributed by atoms with Gasteiger partial charge in [0.25, 0.3) is 5.56 Å². The number of benzene rings is 3. The summed E-state index contributed by atoms with van der Waals surface area (Å²) in [6.07, 6.45) is 3.66. The van der Waals surface area contributed by atoms with Crippen LogP contribution in [-0.4, -0.2) is 9.55 Å². The van der Waals surface area contributed by atoms with E-state index < -0.39 is 0 Å². The predicted molar refractivity (Wildman–Crippen MR) is 108 cm³/mol. The zero-order chi connectivity index (χ0) is 17.9. The van der Waals surface area contributed by atoms with E-state index in [0.717, 1.165) is 11.1 Å². The molecule has 3 aromatic carbocycles. The van der Waals surface area contributed by atoms with E-state index in [0.29, 0.717) is 21.7 Å². The topological polar surface area (TPSA) is 34.9 Å². The van der Waals surface area contributed by atoms with Gasteiger partial charge >= 0.3 is 0 Å². The van der Waals surface area contributed by atoms with E-state index in [1.54, 1.807) is 29.0 Å². The number of hydrogen-bond acceptors (Lipinski definition) is 2. The Morgan fingerprint density at radius 1 is 0.846 bits per heavy atom. The molecular weight excluding hydrogens is 344 g/mol. The van der Waals surface area contributed by atoms with Gasteiger partial charge in [0.15, 0.2) is 0 Å². The maximum atomic E-state index is 13.1. The van der Waals surface area contributed by atoms with Crippen LogP contribution in [-0.2, 0) is 0 Å². The molecule has 0 unspecified atom stereocenters. The molecule has 0 N–H and O–H groups in total. The van der Waals surface area contributed by atoms with Crippen molar-refractivity contribution in [3.05, 3.63) is 99.8 Å². The normalized spacial score (nSPS) is 11.3. The van der Waals surface area contributed by atoms with Crippen molar-refractivity contribution < 1.29 is 0 Å². The Bertz CT molecular complexity index is 1150. The molecule has 0 bridgehead atoms. The zero-order valence-corrected chi connectivity index (χ0v) is 14.6. The monoisotopic (exact) mass is 358 g/mol. The summed E-state index contributed by atoms with van der Waals surface area (Å²) in [5, 5.41) is 1.23. The average Bonchev–Trinajstić information content (AvgIpc) is 2.69. The number of fused-ring (bicyclic) bond motifs is 1. The van der Waals surface area contributed by atoms with Crippen LogP contribution in [0.5, 0.6) is 0 Å². The van der Waals surface area contributed by atoms with E-state index in [1.165, 1.54) is 0 Å². The highest BCUT2D eigenvalue weighted by Crippen LogP contribution is 2.21. The van der Waals surface area contributed by atoms with E-state index in [-0.39, 0.29) is 5.56 Å². The van der Waals surface area contributed by atoms with Crippen molar-refractivity contribution in [2.45, 2.75) is 0 Å². The van der Waals surface area contributed by atoms with Gasteiger partial charge in [-0.25, -0.2) is 4.98 Å². The van der Waals surface area contributed by atoms with Gasteiger partial charge in [0.05, 0.1) is 10.9 Å². The molecule has 0 spiro atoms. The molecule has 0 atom stereocenters. The molecule has 0 amide bonds. The minimum absolute atomic E-state index is 0.104. The van der Waals surface area contributed by atoms with Crippen LogP contribution in [0.25, 0.3) is 34.6 Å². The smallest absolute Gasteiger partial charge is 0.265 e. The van der Waals surface area contributed by atoms with Crippen molar-refractivity contribution in [1.29, 1.82) is 0 Å². The number of rotatable bonds is 3. The molecule has 0 saturated heterocycles. The SMILES string of the molecule is O=c1c2ccccc2nc(-c2ccc(Cl)cc2)n1C=Cc1ccccc1. The highest BCUT2D eigenvalue weighted by atomic mass is 35.5. The van der Waals surface area contributed by atoms with Crippen molar-refractivity contribution in [1.82, 2.24) is 9.55 Å². The first kappa shape index (κ1) is 16.3. The van der Waals surface area contributed by atoms with E-state index in [2.05, 4.69) is 0 Å². The van der Waals surface area contributed by atoms with Crippen LogP contribution in [0.2, 0.25) is 5.02 Å². The van der Waals surface area contributed by atoms with E-state index in [4.69, 9.17) is 16.6 Å². The first-order chi connectivity index (χ1) is 12.7. The molecule has 4 aromatic rings. The van der Waals surface area contributed by atoms with E-state index in [1.807, 2.05) is 66.7 Å². The predicted octanol–water partition coefficient (Wildman–Crippen LogP) is 5.34. The van der Waals surface area contributed by atoms with E-state index >= 15 is 0 Å². The Hall–Kier alpha value is -3.17. The standard InChI is InChI=1S/C22H15ClN2O/c23-18-12-10-17(11-13-18)21-24-20-9-5-4-8-19(20)22(26)25(21)15-14-16-6-2-1-3-7-16/h1-15H. The van der Waals surface area contributed by atoms with Crippen LogP contribution in [0, 0.1) is 0 Å². The minimum Gasteiger partial charge on any atom is -0.268 e. The number of halogens is 1. The lowest BCUT2D eigenvalue weighted by Crippen LogP contribution is -2.19. The van der Waals surface area contributed by atoms with Gasteiger partial charge < -0.3 is 0 Å². The maximum Gasteiger partial charge on any atom is 0.265 e. The average molecular weight is 359 g/mol. The molecule has 0 aliphatic rings. The van der Waals surface area contributed by atoms with Crippen molar-refractivity contribution in [3.63, 3.8) is 0 Å². The van der Waals surface area contributed by atoms with Crippen LogP contribution in [0.1, 0.15) is 5.56 Å². The van der Waals surface area contributed by atoms with Crippen LogP contribution in [0.15, 0.2) is 83.7 Å². The molecule has 0 radical (unpaired) electrons. The molecule has 1 aromatic heterocycles. The molecule has 0 aliphatic heterocycles. The number of hydrogen-bond donors (Lipinski definition) is 0. The quantitative estimate of drug-likeness (QED) is 0.495. The third kappa shape index (κ3) is 3.17. The van der Waals surface area contributed by atoms with Gasteiger partial charge in [-0.15, -0.1) is 0 Å². The fourth-order valence-electron chi connectivity index (χ4n) is 2.81. The molecule has 4 rings (SSSR count). The number of para-hydroxylation sites is 1. The second-order valence-corrected chi connectivity index (χ2v) is 6.30. The van der Waals surface area contributed by atoms with Gasteiger partial charge in [0, 0.05) is 16.8 Å². The third-order valence-electron chi connectivity index (χ3n) is 4.13. The Morgan fingerprint density at radius 2 is 1.54 bits per heavy atom. The summed E-state index contributed by atoms with van der Waals surface area (Å²) in [6, 6.07) is 24.5. The molecule has 26 heavy (non-hydrogen) atoms. The summed E-state index contributed by atoms with van der Waals surface area (Å²) in [6.45, 7) is 0. The highest BCUT2D eigenvalue weighted by Gasteiger charge is 2.11. The summed E-state index contributed by atoms with van der Waals surface area (Å²) in [4.78, 5) is 17.8. The summed E-state index contributed by atoms with van der Waals surface area (Å²) in [5.41, 5.74) is 2.41. The van der Waals surface area contributed by atoms with Gasteiger partial charge in [-0.3, -0.25) is 9.36 Å². The molecule has 1 heterocycles. The van der Waals surface area contributed by atoms with Crippen LogP contribution >= 0.6 is 11.6 Å². The second-order valence-electron chi connectivity index (χ2n) is 5.86. The third-order valence-corrected chi connectivity index (χ3v) is 4.38. The zero-order valence-electron chi connectivity index (χ0n) is 13.8. The first-order valence-electron chi connectivity index (χ1n) is 8.23. The fraction of sp³-hybridized carbons (Fsp3) is 0. The van der Waals surface area contributed by atoms with E-state index in [9.17, 15) is 4.79 Å². The number of aromatic nitrogens is 2. The number of nitrogens with zero attached hydrogens (tertiary/aromatic N) is 2. The van der Waals surface area contributed by atoms with Gasteiger partial charge in [0.1, 0.15) is 5.82 Å². The van der Waals surface area contributed by atoms with Gasteiger partial charge in [0.2, 0.25) is 0 Å². The molecule has 126 valence electrons. The molecule has 0 fully saturated rings. The molecule has 4 heteroatoms. The van der Waals surface area contributed by atoms with Gasteiger partial charge in [-0.1, -0.05) is 54.1 Å². The summed E-state index contributed by atoms with van der Waals surface area (Å²) < 4.78 is 1.58. The Labute approximate surface area is 155 Å². The van der Waals surface area contributed by atoms with Crippen molar-refractivity contribution in [2.24, 2.45) is 0 Å². The van der Waals surface area contributed by atoms with Crippen LogP contribution in [0.4, 0.5) is 0 Å². The van der Waals surface area contributed by atoms with Crippen molar-refractivity contribution in [2.75, 3.05) is 0 Å². The summed E-state index contributed by atoms with van der Waals surface area (Å²) in [5.74, 6) is 0.581. The Balaban J connectivity index is 1.95. The highest BCUT2D eigenvalue weighted by molar-refractivity contribution is 6.30. The van der Waals surface area contributed by atoms with Crippen LogP contribution < -0.4 is 5.56 Å². The lowest BCUT2D eigenvalue weighted by atomic mass is 10.1. The molecule has 3 nitrogen and oxygen atoms in total. The van der Waals surface area contributed by atoms with Crippen molar-refractivity contribution in [3.8, 4) is 11.4 Å². The fourth-order valence-corrected chi connectivity index (χ4v) is 2.94. The Morgan fingerprint density at radius 3 is 2.31 bits per heavy atom. The molecule has 0 saturated carbocycles. The lowest BCUT2D eigenvalue weighted by molar-refractivity contribution is 1.04. The van der Waals surface area contributed by atoms with Crippen molar-refractivity contribution >= 4 is 34.8 Å². The summed E-state index contributed by atoms with van der Waals surface area (Å²) in [7, 11) is 0. The van der Waals surface area contributed by atoms with Gasteiger partial charge in [-0.2, -0.15) is 0 Å². The largest absolute Gasteiger partial charge is 0.268 e. The maximum absolute atomic E-state index is 13.1. The minimum atomic E-state index is -0.104. The summed E-state index contributed by atoms with van der Waals surface area (Å²) >= 11 is 6.00.